The number of nitrogens with zero attached hydrogens (tertiary/aromatic N) is 3. The number of fused-ring (bicyclic) bond motifs is 1. The lowest BCUT2D eigenvalue weighted by atomic mass is 10.0. The molecule has 3 heterocycles. The number of benzene rings is 1. The van der Waals surface area contributed by atoms with E-state index >= 15 is 0 Å². The second kappa shape index (κ2) is 8.55. The summed E-state index contributed by atoms with van der Waals surface area (Å²) in [7, 11) is 0. The second-order valence-corrected chi connectivity index (χ2v) is 7.23. The molecule has 3 aromatic rings. The molecule has 0 radical (unpaired) electrons. The van der Waals surface area contributed by atoms with Crippen LogP contribution in [0.3, 0.4) is 0 Å². The van der Waals surface area contributed by atoms with Gasteiger partial charge in [-0.2, -0.15) is 5.10 Å². The Morgan fingerprint density at radius 1 is 1.34 bits per heavy atom. The molecule has 0 aliphatic carbocycles. The quantitative estimate of drug-likeness (QED) is 0.382. The van der Waals surface area contributed by atoms with E-state index in [-0.39, 0.29) is 11.9 Å². The van der Waals surface area contributed by atoms with Crippen molar-refractivity contribution in [3.8, 4) is 0 Å². The minimum absolute atomic E-state index is 0.185. The van der Waals surface area contributed by atoms with Crippen LogP contribution in [0.4, 0.5) is 4.39 Å². The average molecular weight is 394 g/mol. The van der Waals surface area contributed by atoms with Crippen molar-refractivity contribution >= 4 is 17.5 Å². The van der Waals surface area contributed by atoms with Gasteiger partial charge in [-0.25, -0.2) is 14.4 Å². The molecule has 1 saturated heterocycles. The van der Waals surface area contributed by atoms with Crippen molar-refractivity contribution in [3.05, 3.63) is 77.4 Å². The van der Waals surface area contributed by atoms with Gasteiger partial charge in [0, 0.05) is 30.4 Å². The van der Waals surface area contributed by atoms with Gasteiger partial charge in [-0.3, -0.25) is 14.9 Å². The monoisotopic (exact) mass is 394 g/mol. The van der Waals surface area contributed by atoms with E-state index in [1.165, 1.54) is 17.1 Å². The molecule has 0 saturated carbocycles. The Balaban J connectivity index is 1.46. The molecule has 4 rings (SSSR count). The summed E-state index contributed by atoms with van der Waals surface area (Å²) in [6.07, 6.45) is 9.28. The van der Waals surface area contributed by atoms with Gasteiger partial charge in [0.15, 0.2) is 0 Å². The summed E-state index contributed by atoms with van der Waals surface area (Å²) in [4.78, 5) is 13.5. The van der Waals surface area contributed by atoms with Gasteiger partial charge in [-0.1, -0.05) is 18.2 Å². The van der Waals surface area contributed by atoms with E-state index in [0.717, 1.165) is 49.5 Å². The normalized spacial score (nSPS) is 17.4. The molecule has 2 N–H and O–H groups in total. The first-order valence-corrected chi connectivity index (χ1v) is 9.72. The Labute approximate surface area is 168 Å². The molecule has 7 heteroatoms. The molecule has 1 aliphatic heterocycles. The van der Waals surface area contributed by atoms with Crippen LogP contribution < -0.4 is 5.48 Å². The van der Waals surface area contributed by atoms with Crippen molar-refractivity contribution in [2.45, 2.75) is 25.3 Å². The summed E-state index contributed by atoms with van der Waals surface area (Å²) < 4.78 is 16.4. The SMILES string of the molecule is O=C(C=Cc1ccc(C2CCCN2CCc2cnn3ccccc23)cc1F)NO. The summed E-state index contributed by atoms with van der Waals surface area (Å²) in [6.45, 7) is 1.88. The third-order valence-corrected chi connectivity index (χ3v) is 5.47. The first-order chi connectivity index (χ1) is 14.2. The lowest BCUT2D eigenvalue weighted by Crippen LogP contribution is -2.25. The predicted octanol–water partition coefficient (Wildman–Crippen LogP) is 3.37. The highest BCUT2D eigenvalue weighted by atomic mass is 19.1. The fourth-order valence-electron chi connectivity index (χ4n) is 4.00. The molecule has 1 amide bonds. The minimum Gasteiger partial charge on any atom is -0.296 e. The van der Waals surface area contributed by atoms with Crippen LogP contribution in [-0.4, -0.2) is 38.7 Å². The number of hydrogen-bond donors (Lipinski definition) is 2. The number of rotatable bonds is 6. The molecule has 1 aliphatic rings. The lowest BCUT2D eigenvalue weighted by Gasteiger charge is -2.25. The third kappa shape index (κ3) is 4.21. The molecule has 1 aromatic carbocycles. The van der Waals surface area contributed by atoms with Gasteiger partial charge in [0.25, 0.3) is 5.91 Å². The number of hydroxylamine groups is 1. The fraction of sp³-hybridized carbons (Fsp3) is 0.273. The van der Waals surface area contributed by atoms with Crippen LogP contribution in [0.2, 0.25) is 0 Å². The van der Waals surface area contributed by atoms with Gasteiger partial charge < -0.3 is 0 Å². The van der Waals surface area contributed by atoms with Crippen LogP contribution in [-0.2, 0) is 11.2 Å². The highest BCUT2D eigenvalue weighted by Crippen LogP contribution is 2.33. The van der Waals surface area contributed by atoms with Crippen molar-refractivity contribution in [3.63, 3.8) is 0 Å². The molecule has 0 bridgehead atoms. The number of carbonyl (C=O) groups excluding carboxylic acids is 1. The Hall–Kier alpha value is -3.03. The maximum atomic E-state index is 14.5. The fourth-order valence-corrected chi connectivity index (χ4v) is 4.00. The zero-order valence-corrected chi connectivity index (χ0v) is 16.0. The largest absolute Gasteiger partial charge is 0.296 e. The van der Waals surface area contributed by atoms with Crippen molar-refractivity contribution in [1.82, 2.24) is 20.0 Å². The molecular weight excluding hydrogens is 371 g/mol. The van der Waals surface area contributed by atoms with Gasteiger partial charge in [-0.15, -0.1) is 0 Å². The number of hydrogen-bond acceptors (Lipinski definition) is 4. The van der Waals surface area contributed by atoms with Crippen molar-refractivity contribution in [1.29, 1.82) is 0 Å². The van der Waals surface area contributed by atoms with Crippen LogP contribution in [0.5, 0.6) is 0 Å². The van der Waals surface area contributed by atoms with Gasteiger partial charge in [0.1, 0.15) is 5.82 Å². The predicted molar refractivity (Wildman–Crippen MR) is 108 cm³/mol. The van der Waals surface area contributed by atoms with Crippen LogP contribution in [0.1, 0.15) is 35.6 Å². The first-order valence-electron chi connectivity index (χ1n) is 9.72. The van der Waals surface area contributed by atoms with Gasteiger partial charge in [0.05, 0.1) is 11.7 Å². The molecule has 0 spiro atoms. The van der Waals surface area contributed by atoms with E-state index in [0.29, 0.717) is 5.56 Å². The molecule has 150 valence electrons. The van der Waals surface area contributed by atoms with E-state index in [2.05, 4.69) is 16.1 Å². The molecule has 1 unspecified atom stereocenters. The number of likely N-dealkylation sites (tertiary alicyclic amines) is 1. The number of halogens is 1. The van der Waals surface area contributed by atoms with Gasteiger partial charge in [0.2, 0.25) is 0 Å². The van der Waals surface area contributed by atoms with E-state index in [1.54, 1.807) is 12.1 Å². The summed E-state index contributed by atoms with van der Waals surface area (Å²) in [6, 6.07) is 11.4. The number of amides is 1. The van der Waals surface area contributed by atoms with Crippen LogP contribution in [0, 0.1) is 5.82 Å². The number of nitrogens with one attached hydrogen (secondary N) is 1. The summed E-state index contributed by atoms with van der Waals surface area (Å²) >= 11 is 0. The zero-order valence-electron chi connectivity index (χ0n) is 16.0. The number of aromatic nitrogens is 2. The van der Waals surface area contributed by atoms with Crippen molar-refractivity contribution < 1.29 is 14.4 Å². The molecule has 6 nitrogen and oxygen atoms in total. The zero-order chi connectivity index (χ0) is 20.2. The highest BCUT2D eigenvalue weighted by molar-refractivity contribution is 5.90. The van der Waals surface area contributed by atoms with Crippen molar-refractivity contribution in [2.75, 3.05) is 13.1 Å². The Morgan fingerprint density at radius 2 is 2.24 bits per heavy atom. The molecule has 1 atom stereocenters. The molecule has 1 fully saturated rings. The lowest BCUT2D eigenvalue weighted by molar-refractivity contribution is -0.124. The second-order valence-electron chi connectivity index (χ2n) is 7.23. The van der Waals surface area contributed by atoms with Crippen LogP contribution in [0.25, 0.3) is 11.6 Å². The minimum atomic E-state index is -0.692. The van der Waals surface area contributed by atoms with E-state index in [9.17, 15) is 9.18 Å². The third-order valence-electron chi connectivity index (χ3n) is 5.47. The average Bonchev–Trinajstić information content (AvgIpc) is 3.38. The number of pyridine rings is 1. The maximum absolute atomic E-state index is 14.5. The molecule has 2 aromatic heterocycles. The van der Waals surface area contributed by atoms with Crippen molar-refractivity contribution in [2.24, 2.45) is 0 Å². The smallest absolute Gasteiger partial charge is 0.267 e. The summed E-state index contributed by atoms with van der Waals surface area (Å²) in [5, 5.41) is 12.9. The van der Waals surface area contributed by atoms with Gasteiger partial charge >= 0.3 is 0 Å². The number of carbonyl (C=O) groups is 1. The molecular formula is C22H23FN4O2. The topological polar surface area (TPSA) is 69.9 Å². The van der Waals surface area contributed by atoms with Crippen LogP contribution in [0.15, 0.2) is 54.9 Å². The molecule has 29 heavy (non-hydrogen) atoms. The first kappa shape index (κ1) is 19.3. The van der Waals surface area contributed by atoms with Gasteiger partial charge in [-0.05, 0) is 61.2 Å². The maximum Gasteiger partial charge on any atom is 0.267 e. The Morgan fingerprint density at radius 3 is 3.07 bits per heavy atom. The Bertz CT molecular complexity index is 1050. The van der Waals surface area contributed by atoms with E-state index in [1.807, 2.05) is 35.1 Å². The van der Waals surface area contributed by atoms with E-state index < -0.39 is 5.91 Å². The standard InChI is InChI=1S/C22H23FN4O2/c23-19-14-17(7-6-16(19)8-9-22(28)25-29)20-5-3-11-26(20)13-10-18-15-24-27-12-2-1-4-21(18)27/h1-2,4,6-9,12,14-15,20,29H,3,5,10-11,13H2,(H,25,28). The summed E-state index contributed by atoms with van der Waals surface area (Å²) in [5.74, 6) is -1.07. The highest BCUT2D eigenvalue weighted by Gasteiger charge is 2.26. The summed E-state index contributed by atoms with van der Waals surface area (Å²) in [5.41, 5.74) is 5.09. The van der Waals surface area contributed by atoms with Crippen LogP contribution >= 0.6 is 0 Å². The van der Waals surface area contributed by atoms with E-state index in [4.69, 9.17) is 5.21 Å². The Kier molecular flexibility index (Phi) is 5.69.